The van der Waals surface area contributed by atoms with Crippen LogP contribution >= 0.6 is 0 Å². The normalized spacial score (nSPS) is 17.5. The maximum atomic E-state index is 13.5. The number of benzene rings is 2. The Kier molecular flexibility index (Phi) is 6.96. The summed E-state index contributed by atoms with van der Waals surface area (Å²) in [5, 5.41) is 17.6. The first-order chi connectivity index (χ1) is 20.1. The van der Waals surface area contributed by atoms with Crippen molar-refractivity contribution in [2.24, 2.45) is 0 Å². The Morgan fingerprint density at radius 2 is 1.86 bits per heavy atom. The number of nitrogens with zero attached hydrogens (tertiary/aromatic N) is 3. The molecule has 11 heteroatoms. The summed E-state index contributed by atoms with van der Waals surface area (Å²) in [6, 6.07) is 14.8. The van der Waals surface area contributed by atoms with Crippen molar-refractivity contribution in [2.45, 2.75) is 64.5 Å². The minimum atomic E-state index is -3.67. The van der Waals surface area contributed by atoms with Crippen molar-refractivity contribution in [2.75, 3.05) is 5.32 Å². The van der Waals surface area contributed by atoms with Crippen LogP contribution < -0.4 is 19.5 Å². The molecule has 1 aliphatic carbocycles. The molecule has 0 fully saturated rings. The molecule has 9 nitrogen and oxygen atoms in total. The number of pyridine rings is 1. The second kappa shape index (κ2) is 10.6. The van der Waals surface area contributed by atoms with Crippen LogP contribution in [0, 0.1) is 0 Å². The molecule has 2 N–H and O–H groups in total. The Morgan fingerprint density at radius 1 is 1.10 bits per heavy atom. The van der Waals surface area contributed by atoms with E-state index in [9.17, 15) is 18.7 Å². The van der Waals surface area contributed by atoms with E-state index in [1.807, 2.05) is 23.7 Å². The predicted octanol–water partition coefficient (Wildman–Crippen LogP) is 7.18. The Bertz CT molecular complexity index is 1640. The zero-order valence-corrected chi connectivity index (χ0v) is 23.3. The van der Waals surface area contributed by atoms with Gasteiger partial charge in [0.1, 0.15) is 17.7 Å². The molecule has 4 aromatic rings. The molecule has 1 aliphatic heterocycles. The number of rotatable bonds is 8. The Balaban J connectivity index is 1.29. The van der Waals surface area contributed by atoms with Gasteiger partial charge in [0.05, 0.1) is 17.3 Å². The molecule has 0 unspecified atom stereocenters. The van der Waals surface area contributed by atoms with Crippen LogP contribution in [0.2, 0.25) is 0 Å². The molecule has 0 radical (unpaired) electrons. The molecule has 0 bridgehead atoms. The molecular weight excluding hydrogens is 546 g/mol. The predicted molar refractivity (Wildman–Crippen MR) is 150 cm³/mol. The smallest absolute Gasteiger partial charge is 0.486 e. The van der Waals surface area contributed by atoms with Gasteiger partial charge >= 0.3 is 12.3 Å². The molecule has 42 heavy (non-hydrogen) atoms. The molecule has 2 aromatic carbocycles. The van der Waals surface area contributed by atoms with E-state index in [2.05, 4.69) is 33.6 Å². The highest BCUT2D eigenvalue weighted by molar-refractivity contribution is 5.87. The van der Waals surface area contributed by atoms with E-state index in [0.29, 0.717) is 11.6 Å². The second-order valence-electron chi connectivity index (χ2n) is 10.7. The fraction of sp³-hybridized carbons (Fsp3) is 0.323. The van der Waals surface area contributed by atoms with Gasteiger partial charge in [0, 0.05) is 29.1 Å². The van der Waals surface area contributed by atoms with Crippen LogP contribution in [0.25, 0.3) is 11.3 Å². The van der Waals surface area contributed by atoms with Crippen molar-refractivity contribution < 1.29 is 32.9 Å². The van der Waals surface area contributed by atoms with Gasteiger partial charge in [-0.2, -0.15) is 5.10 Å². The van der Waals surface area contributed by atoms with Crippen molar-refractivity contribution in [1.29, 1.82) is 0 Å². The minimum Gasteiger partial charge on any atom is -0.486 e. The van der Waals surface area contributed by atoms with Crippen molar-refractivity contribution in [3.05, 3.63) is 83.2 Å². The molecule has 218 valence electrons. The molecule has 2 aromatic heterocycles. The molecule has 2 aliphatic rings. The lowest BCUT2D eigenvalue weighted by Crippen LogP contribution is -2.25. The molecule has 2 atom stereocenters. The summed E-state index contributed by atoms with van der Waals surface area (Å²) >= 11 is 0. The quantitative estimate of drug-likeness (QED) is 0.227. The largest absolute Gasteiger partial charge is 0.586 e. The lowest BCUT2D eigenvalue weighted by atomic mass is 9.90. The van der Waals surface area contributed by atoms with Crippen LogP contribution in [0.1, 0.15) is 79.0 Å². The first-order valence-electron chi connectivity index (χ1n) is 13.8. The zero-order chi connectivity index (χ0) is 29.6. The third-order valence-electron chi connectivity index (χ3n) is 7.44. The highest BCUT2D eigenvalue weighted by atomic mass is 19.3. The van der Waals surface area contributed by atoms with Crippen LogP contribution in [-0.4, -0.2) is 32.1 Å². The maximum absolute atomic E-state index is 13.5. The van der Waals surface area contributed by atoms with E-state index < -0.39 is 12.3 Å². The molecule has 0 saturated carbocycles. The average molecular weight is 577 g/mol. The fourth-order valence-electron chi connectivity index (χ4n) is 5.46. The van der Waals surface area contributed by atoms with Gasteiger partial charge < -0.3 is 24.6 Å². The first kappa shape index (κ1) is 27.5. The van der Waals surface area contributed by atoms with E-state index in [1.165, 1.54) is 24.3 Å². The third-order valence-corrected chi connectivity index (χ3v) is 7.44. The van der Waals surface area contributed by atoms with Gasteiger partial charge in [-0.25, -0.2) is 9.78 Å². The highest BCUT2D eigenvalue weighted by Gasteiger charge is 2.43. The van der Waals surface area contributed by atoms with Crippen LogP contribution in [0.15, 0.2) is 60.8 Å². The van der Waals surface area contributed by atoms with Gasteiger partial charge in [0.25, 0.3) is 0 Å². The van der Waals surface area contributed by atoms with Gasteiger partial charge in [-0.1, -0.05) is 6.07 Å². The van der Waals surface area contributed by atoms with Crippen LogP contribution in [-0.2, 0) is 6.42 Å². The van der Waals surface area contributed by atoms with E-state index in [0.717, 1.165) is 47.3 Å². The molecule has 0 amide bonds. The summed E-state index contributed by atoms with van der Waals surface area (Å²) in [5.41, 5.74) is 4.72. The number of carboxylic acids is 1. The number of aromatic nitrogens is 3. The summed E-state index contributed by atoms with van der Waals surface area (Å²) in [6.07, 6.45) is 0.368. The number of ether oxygens (including phenoxy) is 3. The Hall–Kier alpha value is -4.67. The number of nitrogens with one attached hydrogen (secondary N) is 1. The highest BCUT2D eigenvalue weighted by Crippen LogP contribution is 2.43. The van der Waals surface area contributed by atoms with E-state index in [-0.39, 0.29) is 35.3 Å². The average Bonchev–Trinajstić information content (AvgIpc) is 3.50. The lowest BCUT2D eigenvalue weighted by molar-refractivity contribution is -0.286. The number of anilines is 1. The van der Waals surface area contributed by atoms with E-state index in [4.69, 9.17) is 9.84 Å². The van der Waals surface area contributed by atoms with Gasteiger partial charge in [-0.15, -0.1) is 8.78 Å². The van der Waals surface area contributed by atoms with Crippen LogP contribution in [0.4, 0.5) is 14.6 Å². The summed E-state index contributed by atoms with van der Waals surface area (Å²) in [6.45, 7) is 6.09. The Labute approximate surface area is 241 Å². The first-order valence-corrected chi connectivity index (χ1v) is 13.8. The number of halogens is 2. The van der Waals surface area contributed by atoms with E-state index >= 15 is 0 Å². The summed E-state index contributed by atoms with van der Waals surface area (Å²) in [4.78, 5) is 15.8. The summed E-state index contributed by atoms with van der Waals surface area (Å²) in [7, 11) is 0. The van der Waals surface area contributed by atoms with Gasteiger partial charge in [-0.05, 0) is 94.1 Å². The van der Waals surface area contributed by atoms with Crippen molar-refractivity contribution in [3.63, 3.8) is 0 Å². The number of fused-ring (bicyclic) bond motifs is 2. The van der Waals surface area contributed by atoms with Crippen LogP contribution in [0.5, 0.6) is 17.2 Å². The van der Waals surface area contributed by atoms with Crippen molar-refractivity contribution in [3.8, 4) is 28.5 Å². The summed E-state index contributed by atoms with van der Waals surface area (Å²) < 4.78 is 44.5. The molecule has 0 saturated heterocycles. The van der Waals surface area contributed by atoms with Gasteiger partial charge in [0.2, 0.25) is 0 Å². The van der Waals surface area contributed by atoms with Crippen LogP contribution in [0.3, 0.4) is 0 Å². The molecule has 3 heterocycles. The number of hydrogen-bond donors (Lipinski definition) is 2. The molecular formula is C31H30F2N4O5. The number of hydrogen-bond acceptors (Lipinski definition) is 7. The third kappa shape index (κ3) is 5.34. The number of carbonyl (C=O) groups is 1. The summed E-state index contributed by atoms with van der Waals surface area (Å²) in [5.74, 6) is 0.180. The number of carboxylic acid groups (broad SMARTS) is 1. The second-order valence-corrected chi connectivity index (χ2v) is 10.7. The van der Waals surface area contributed by atoms with Gasteiger partial charge in [0.15, 0.2) is 11.5 Å². The van der Waals surface area contributed by atoms with Crippen molar-refractivity contribution in [1.82, 2.24) is 14.8 Å². The molecule has 6 rings (SSSR count). The van der Waals surface area contributed by atoms with E-state index in [1.54, 1.807) is 24.4 Å². The number of alkyl halides is 2. The monoisotopic (exact) mass is 576 g/mol. The van der Waals surface area contributed by atoms with Gasteiger partial charge in [-0.3, -0.25) is 4.68 Å². The topological polar surface area (TPSA) is 108 Å². The standard InChI is InChI=1S/C31H30F2N4O5/c1-17(2)37-23-5-4-6-25(40-22-10-7-19(8-11-22)30(38)39)28(23)29(36-37)21-13-14-34-27(16-21)35-18(3)20-9-12-24-26(15-20)42-31(32,33)41-24/h7-18,25H,4-6H2,1-3H3,(H,34,35)(H,38,39)/t18-,25-/m0/s1. The maximum Gasteiger partial charge on any atom is 0.586 e. The number of aromatic carboxylic acids is 1. The fourth-order valence-corrected chi connectivity index (χ4v) is 5.46. The molecule has 0 spiro atoms. The Morgan fingerprint density at radius 3 is 2.60 bits per heavy atom. The SMILES string of the molecule is CC(C)n1nc(-c2ccnc(N[C@@H](C)c3ccc4c(c3)OC(F)(F)O4)c2)c2c1CCC[C@@H]2Oc1ccc(C(=O)O)cc1. The minimum absolute atomic E-state index is 0.00353. The lowest BCUT2D eigenvalue weighted by Gasteiger charge is -2.26. The zero-order valence-electron chi connectivity index (χ0n) is 23.3. The van der Waals surface area contributed by atoms with Crippen molar-refractivity contribution >= 4 is 11.8 Å².